The Labute approximate surface area is 205 Å². The maximum Gasteiger partial charge on any atom is 0.138 e. The fraction of sp³-hybridized carbons (Fsp3) is 0.111. The number of fused-ring (bicyclic) bond motifs is 2. The summed E-state index contributed by atoms with van der Waals surface area (Å²) in [5.41, 5.74) is 7.36. The zero-order valence-electron chi connectivity index (χ0n) is 19.5. The predicted molar refractivity (Wildman–Crippen MR) is 138 cm³/mol. The monoisotopic (exact) mass is 479 g/mol. The number of hydrogen-bond acceptors (Lipinski definition) is 6. The standard InChI is InChI=1S/C27H22FN7O/c1-14(2)31-18-8-16(12-29-13-18)22-3-4-23-25(32-22)26(35-34-23)24-11-21-20(5-6-30-27(21)33-24)15-7-17(28)10-19(36)9-15/h3-14,31,36H,1-2H3,(H,30,33)(H,34,35). The summed E-state index contributed by atoms with van der Waals surface area (Å²) in [5, 5.41) is 21.6. The molecule has 0 fully saturated rings. The molecule has 0 spiro atoms. The highest BCUT2D eigenvalue weighted by Gasteiger charge is 2.16. The highest BCUT2D eigenvalue weighted by atomic mass is 19.1. The van der Waals surface area contributed by atoms with Crippen LogP contribution in [0.4, 0.5) is 10.1 Å². The second-order valence-corrected chi connectivity index (χ2v) is 8.93. The van der Waals surface area contributed by atoms with Gasteiger partial charge < -0.3 is 15.4 Å². The molecule has 8 nitrogen and oxygen atoms in total. The van der Waals surface area contributed by atoms with E-state index in [2.05, 4.69) is 44.3 Å². The fourth-order valence-corrected chi connectivity index (χ4v) is 4.38. The van der Waals surface area contributed by atoms with Crippen LogP contribution in [0, 0.1) is 5.82 Å². The molecule has 0 atom stereocenters. The zero-order chi connectivity index (χ0) is 24.8. The quantitative estimate of drug-likeness (QED) is 0.245. The largest absolute Gasteiger partial charge is 0.508 e. The third-order valence-electron chi connectivity index (χ3n) is 5.88. The third-order valence-corrected chi connectivity index (χ3v) is 5.88. The Kier molecular flexibility index (Phi) is 5.10. The van der Waals surface area contributed by atoms with E-state index in [1.54, 1.807) is 24.7 Å². The molecule has 0 saturated carbocycles. The van der Waals surface area contributed by atoms with Gasteiger partial charge in [-0.2, -0.15) is 5.10 Å². The highest BCUT2D eigenvalue weighted by Crippen LogP contribution is 2.34. The number of benzene rings is 1. The Morgan fingerprint density at radius 3 is 2.72 bits per heavy atom. The molecule has 9 heteroatoms. The molecule has 0 amide bonds. The molecular weight excluding hydrogens is 457 g/mol. The van der Waals surface area contributed by atoms with Crippen LogP contribution in [0.1, 0.15) is 13.8 Å². The summed E-state index contributed by atoms with van der Waals surface area (Å²) < 4.78 is 14.0. The van der Waals surface area contributed by atoms with E-state index in [-0.39, 0.29) is 11.8 Å². The summed E-state index contributed by atoms with van der Waals surface area (Å²) >= 11 is 0. The van der Waals surface area contributed by atoms with Gasteiger partial charge in [0, 0.05) is 41.6 Å². The molecule has 0 unspecified atom stereocenters. The van der Waals surface area contributed by atoms with E-state index in [9.17, 15) is 9.50 Å². The number of aromatic amines is 2. The summed E-state index contributed by atoms with van der Waals surface area (Å²) in [7, 11) is 0. The summed E-state index contributed by atoms with van der Waals surface area (Å²) in [6, 6.07) is 13.9. The number of halogens is 1. The Morgan fingerprint density at radius 1 is 1.00 bits per heavy atom. The van der Waals surface area contributed by atoms with Gasteiger partial charge in [-0.3, -0.25) is 10.1 Å². The van der Waals surface area contributed by atoms with E-state index in [4.69, 9.17) is 4.98 Å². The second kappa shape index (κ2) is 8.46. The first-order valence-corrected chi connectivity index (χ1v) is 11.5. The smallest absolute Gasteiger partial charge is 0.138 e. The Bertz CT molecular complexity index is 1720. The van der Waals surface area contributed by atoms with Crippen LogP contribution in [0.2, 0.25) is 0 Å². The number of rotatable bonds is 5. The van der Waals surface area contributed by atoms with Crippen molar-refractivity contribution in [2.24, 2.45) is 0 Å². The number of aromatic hydroxyl groups is 1. The van der Waals surface area contributed by atoms with E-state index in [0.717, 1.165) is 45.2 Å². The molecule has 6 rings (SSSR count). The predicted octanol–water partition coefficient (Wildman–Crippen LogP) is 5.90. The number of anilines is 1. The highest BCUT2D eigenvalue weighted by molar-refractivity contribution is 5.99. The molecule has 4 N–H and O–H groups in total. The molecule has 0 aliphatic rings. The number of aromatic nitrogens is 6. The molecule has 36 heavy (non-hydrogen) atoms. The number of H-pyrrole nitrogens is 2. The number of nitrogens with zero attached hydrogens (tertiary/aromatic N) is 4. The molecule has 0 radical (unpaired) electrons. The van der Waals surface area contributed by atoms with Crippen molar-refractivity contribution < 1.29 is 9.50 Å². The first-order valence-electron chi connectivity index (χ1n) is 11.5. The lowest BCUT2D eigenvalue weighted by atomic mass is 10.0. The third kappa shape index (κ3) is 3.90. The van der Waals surface area contributed by atoms with Gasteiger partial charge in [-0.1, -0.05) is 0 Å². The minimum atomic E-state index is -0.511. The maximum atomic E-state index is 14.0. The number of hydrogen-bond donors (Lipinski definition) is 4. The maximum absolute atomic E-state index is 14.0. The van der Waals surface area contributed by atoms with E-state index < -0.39 is 5.82 Å². The number of phenolic OH excluding ortho intramolecular Hbond substituents is 1. The lowest BCUT2D eigenvalue weighted by molar-refractivity contribution is 0.469. The Morgan fingerprint density at radius 2 is 1.89 bits per heavy atom. The summed E-state index contributed by atoms with van der Waals surface area (Å²) in [6.07, 6.45) is 5.22. The van der Waals surface area contributed by atoms with Gasteiger partial charge in [-0.25, -0.2) is 14.4 Å². The van der Waals surface area contributed by atoms with Gasteiger partial charge >= 0.3 is 0 Å². The molecule has 0 aliphatic carbocycles. The topological polar surface area (TPSA) is 115 Å². The molecule has 5 heterocycles. The van der Waals surface area contributed by atoms with Gasteiger partial charge in [0.05, 0.1) is 22.6 Å². The molecule has 178 valence electrons. The van der Waals surface area contributed by atoms with E-state index in [1.165, 1.54) is 12.1 Å². The lowest BCUT2D eigenvalue weighted by Crippen LogP contribution is -2.09. The van der Waals surface area contributed by atoms with E-state index in [0.29, 0.717) is 22.4 Å². The van der Waals surface area contributed by atoms with Crippen LogP contribution < -0.4 is 5.32 Å². The van der Waals surface area contributed by atoms with Gasteiger partial charge in [0.15, 0.2) is 0 Å². The first-order chi connectivity index (χ1) is 17.4. The van der Waals surface area contributed by atoms with Crippen LogP contribution in [0.3, 0.4) is 0 Å². The van der Waals surface area contributed by atoms with Crippen LogP contribution in [-0.4, -0.2) is 41.3 Å². The van der Waals surface area contributed by atoms with Crippen LogP contribution in [0.15, 0.2) is 67.1 Å². The molecule has 0 aliphatic heterocycles. The van der Waals surface area contributed by atoms with Crippen LogP contribution >= 0.6 is 0 Å². The van der Waals surface area contributed by atoms with Crippen molar-refractivity contribution in [1.82, 2.24) is 30.1 Å². The summed E-state index contributed by atoms with van der Waals surface area (Å²) in [4.78, 5) is 17.0. The van der Waals surface area contributed by atoms with Crippen LogP contribution in [-0.2, 0) is 0 Å². The van der Waals surface area contributed by atoms with Crippen LogP contribution in [0.5, 0.6) is 5.75 Å². The average molecular weight is 480 g/mol. The molecule has 0 bridgehead atoms. The SMILES string of the molecule is CC(C)Nc1cncc(-c2ccc3[nH]nc(-c4cc5c(-c6cc(O)cc(F)c6)ccnc5[nH]4)c3n2)c1. The van der Waals surface area contributed by atoms with Gasteiger partial charge in [0.25, 0.3) is 0 Å². The Balaban J connectivity index is 1.45. The fourth-order valence-electron chi connectivity index (χ4n) is 4.38. The van der Waals surface area contributed by atoms with E-state index >= 15 is 0 Å². The van der Waals surface area contributed by atoms with E-state index in [1.807, 2.05) is 24.3 Å². The van der Waals surface area contributed by atoms with Crippen molar-refractivity contribution in [2.75, 3.05) is 5.32 Å². The van der Waals surface area contributed by atoms with Crippen LogP contribution in [0.25, 0.3) is 55.8 Å². The van der Waals surface area contributed by atoms with Crippen molar-refractivity contribution in [3.05, 3.63) is 72.9 Å². The number of nitrogens with one attached hydrogen (secondary N) is 3. The van der Waals surface area contributed by atoms with Crippen molar-refractivity contribution in [3.8, 4) is 39.5 Å². The average Bonchev–Trinajstić information content (AvgIpc) is 3.46. The minimum Gasteiger partial charge on any atom is -0.508 e. The van der Waals surface area contributed by atoms with Crippen molar-refractivity contribution in [3.63, 3.8) is 0 Å². The number of phenols is 1. The molecule has 6 aromatic rings. The van der Waals surface area contributed by atoms with Crippen molar-refractivity contribution in [2.45, 2.75) is 19.9 Å². The molecule has 5 aromatic heterocycles. The summed E-state index contributed by atoms with van der Waals surface area (Å²) in [6.45, 7) is 4.15. The van der Waals surface area contributed by atoms with Gasteiger partial charge in [0.2, 0.25) is 0 Å². The summed E-state index contributed by atoms with van der Waals surface area (Å²) in [5.74, 6) is -0.647. The molecule has 0 saturated heterocycles. The lowest BCUT2D eigenvalue weighted by Gasteiger charge is -2.10. The van der Waals surface area contributed by atoms with Gasteiger partial charge in [0.1, 0.15) is 28.4 Å². The molecular formula is C27H22FN7O. The normalized spacial score (nSPS) is 11.6. The Hall–Kier alpha value is -4.79. The first kappa shape index (κ1) is 21.7. The zero-order valence-corrected chi connectivity index (χ0v) is 19.5. The molecule has 1 aromatic carbocycles. The second-order valence-electron chi connectivity index (χ2n) is 8.93. The van der Waals surface area contributed by atoms with Gasteiger partial charge in [-0.05, 0) is 67.4 Å². The van der Waals surface area contributed by atoms with Crippen molar-refractivity contribution >= 4 is 27.8 Å². The van der Waals surface area contributed by atoms with Gasteiger partial charge in [-0.15, -0.1) is 0 Å². The number of pyridine rings is 3. The minimum absolute atomic E-state index is 0.136. The van der Waals surface area contributed by atoms with Crippen molar-refractivity contribution in [1.29, 1.82) is 0 Å².